The zero-order chi connectivity index (χ0) is 19.8. The molecule has 2 aliphatic rings. The van der Waals surface area contributed by atoms with Gasteiger partial charge in [-0.25, -0.2) is 4.39 Å². The van der Waals surface area contributed by atoms with E-state index in [0.29, 0.717) is 17.1 Å². The normalized spacial score (nSPS) is 23.6. The smallest absolute Gasteiger partial charge is 0.132 e. The molecular weight excluding hydrogens is 389 g/mol. The Balaban J connectivity index is 1.19. The van der Waals surface area contributed by atoms with Gasteiger partial charge < -0.3 is 9.47 Å². The summed E-state index contributed by atoms with van der Waals surface area (Å²) in [6, 6.07) is 8.40. The van der Waals surface area contributed by atoms with Crippen molar-refractivity contribution < 1.29 is 4.39 Å². The van der Waals surface area contributed by atoms with Crippen molar-refractivity contribution in [2.45, 2.75) is 37.8 Å². The molecule has 1 saturated carbocycles. The molecule has 0 bridgehead atoms. The summed E-state index contributed by atoms with van der Waals surface area (Å²) in [7, 11) is 0. The number of nitrogens with zero attached hydrogens (tertiary/aromatic N) is 5. The maximum Gasteiger partial charge on any atom is 0.132 e. The largest absolute Gasteiger partial charge is 0.366 e. The Morgan fingerprint density at radius 3 is 2.38 bits per heavy atom. The first-order chi connectivity index (χ1) is 14.2. The second-order valence-corrected chi connectivity index (χ2v) is 8.51. The summed E-state index contributed by atoms with van der Waals surface area (Å²) in [6.45, 7) is 4.02. The molecule has 1 aromatic carbocycles. The fraction of sp³-hybridized carbons (Fsp3) is 0.455. The van der Waals surface area contributed by atoms with E-state index in [1.54, 1.807) is 18.5 Å². The van der Waals surface area contributed by atoms with Gasteiger partial charge in [0, 0.05) is 49.8 Å². The molecule has 2 aromatic heterocycles. The van der Waals surface area contributed by atoms with Gasteiger partial charge in [0.1, 0.15) is 5.82 Å². The molecule has 7 heteroatoms. The molecular formula is C22H25ClFN5. The first-order valence-electron chi connectivity index (χ1n) is 10.4. The predicted molar refractivity (Wildman–Crippen MR) is 114 cm³/mol. The summed E-state index contributed by atoms with van der Waals surface area (Å²) in [5.41, 5.74) is 2.00. The molecule has 0 amide bonds. The molecule has 152 valence electrons. The summed E-state index contributed by atoms with van der Waals surface area (Å²) < 4.78 is 16.3. The number of aromatic nitrogens is 3. The molecule has 1 aliphatic heterocycles. The average molecular weight is 414 g/mol. The van der Waals surface area contributed by atoms with E-state index in [9.17, 15) is 4.39 Å². The molecule has 1 saturated heterocycles. The molecule has 0 atom stereocenters. The summed E-state index contributed by atoms with van der Waals surface area (Å²) >= 11 is 6.28. The zero-order valence-electron chi connectivity index (χ0n) is 16.3. The third kappa shape index (κ3) is 3.60. The number of halogens is 2. The Kier molecular flexibility index (Phi) is 5.14. The highest BCUT2D eigenvalue weighted by Gasteiger charge is 2.29. The SMILES string of the molecule is Fc1cccc2c1ccn2C1CCC(N2CCN(c3cnncc3Cl)CC2)CC1. The average Bonchev–Trinajstić information content (AvgIpc) is 3.20. The van der Waals surface area contributed by atoms with Crippen molar-refractivity contribution in [3.63, 3.8) is 0 Å². The number of piperazine rings is 1. The van der Waals surface area contributed by atoms with E-state index in [4.69, 9.17) is 11.6 Å². The Labute approximate surface area is 175 Å². The molecule has 2 fully saturated rings. The summed E-state index contributed by atoms with van der Waals surface area (Å²) in [6.07, 6.45) is 10.1. The van der Waals surface area contributed by atoms with Crippen LogP contribution in [0.4, 0.5) is 10.1 Å². The van der Waals surface area contributed by atoms with Crippen LogP contribution in [-0.4, -0.2) is 51.9 Å². The van der Waals surface area contributed by atoms with Crippen molar-refractivity contribution >= 4 is 28.2 Å². The van der Waals surface area contributed by atoms with Crippen LogP contribution < -0.4 is 4.90 Å². The topological polar surface area (TPSA) is 37.2 Å². The summed E-state index contributed by atoms with van der Waals surface area (Å²) in [4.78, 5) is 4.93. The fourth-order valence-electron chi connectivity index (χ4n) is 5.03. The highest BCUT2D eigenvalue weighted by atomic mass is 35.5. The van der Waals surface area contributed by atoms with Crippen molar-refractivity contribution in [1.82, 2.24) is 19.7 Å². The fourth-order valence-corrected chi connectivity index (χ4v) is 5.24. The van der Waals surface area contributed by atoms with Gasteiger partial charge in [0.25, 0.3) is 0 Å². The van der Waals surface area contributed by atoms with Gasteiger partial charge in [0.2, 0.25) is 0 Å². The van der Waals surface area contributed by atoms with Crippen LogP contribution in [0.25, 0.3) is 10.9 Å². The van der Waals surface area contributed by atoms with Crippen LogP contribution in [0.2, 0.25) is 5.02 Å². The van der Waals surface area contributed by atoms with Crippen molar-refractivity contribution in [2.24, 2.45) is 0 Å². The van der Waals surface area contributed by atoms with Crippen molar-refractivity contribution in [3.8, 4) is 0 Å². The second kappa shape index (κ2) is 7.92. The van der Waals surface area contributed by atoms with E-state index >= 15 is 0 Å². The van der Waals surface area contributed by atoms with Gasteiger partial charge in [-0.2, -0.15) is 10.2 Å². The number of fused-ring (bicyclic) bond motifs is 1. The second-order valence-electron chi connectivity index (χ2n) is 8.10. The van der Waals surface area contributed by atoms with Crippen LogP contribution in [0.3, 0.4) is 0 Å². The Hall–Kier alpha value is -2.18. The minimum atomic E-state index is -0.127. The van der Waals surface area contributed by atoms with Gasteiger partial charge in [-0.1, -0.05) is 17.7 Å². The lowest BCUT2D eigenvalue weighted by molar-refractivity contribution is 0.131. The third-order valence-electron chi connectivity index (χ3n) is 6.60. The lowest BCUT2D eigenvalue weighted by Gasteiger charge is -2.43. The van der Waals surface area contributed by atoms with Crippen molar-refractivity contribution in [2.75, 3.05) is 31.1 Å². The predicted octanol–water partition coefficient (Wildman–Crippen LogP) is 4.53. The summed E-state index contributed by atoms with van der Waals surface area (Å²) in [5.74, 6) is -0.127. The molecule has 0 N–H and O–H groups in total. The van der Waals surface area contributed by atoms with Crippen LogP contribution in [0, 0.1) is 5.82 Å². The van der Waals surface area contributed by atoms with E-state index in [-0.39, 0.29) is 5.82 Å². The minimum absolute atomic E-state index is 0.127. The van der Waals surface area contributed by atoms with Crippen LogP contribution in [0.1, 0.15) is 31.7 Å². The molecule has 5 nitrogen and oxygen atoms in total. The first kappa shape index (κ1) is 18.8. The number of rotatable bonds is 3. The van der Waals surface area contributed by atoms with Gasteiger partial charge in [-0.3, -0.25) is 4.90 Å². The van der Waals surface area contributed by atoms with E-state index in [0.717, 1.165) is 55.6 Å². The Bertz CT molecular complexity index is 990. The number of hydrogen-bond donors (Lipinski definition) is 0. The Morgan fingerprint density at radius 2 is 1.62 bits per heavy atom. The van der Waals surface area contributed by atoms with E-state index in [1.807, 2.05) is 18.2 Å². The number of anilines is 1. The third-order valence-corrected chi connectivity index (χ3v) is 6.89. The van der Waals surface area contributed by atoms with E-state index in [2.05, 4.69) is 30.8 Å². The molecule has 0 radical (unpaired) electrons. The van der Waals surface area contributed by atoms with Crippen LogP contribution >= 0.6 is 11.6 Å². The van der Waals surface area contributed by atoms with E-state index in [1.165, 1.54) is 12.8 Å². The highest BCUT2D eigenvalue weighted by Crippen LogP contribution is 2.35. The molecule has 1 aliphatic carbocycles. The number of benzene rings is 1. The maximum absolute atomic E-state index is 14.0. The maximum atomic E-state index is 14.0. The lowest BCUT2D eigenvalue weighted by atomic mass is 9.89. The van der Waals surface area contributed by atoms with Crippen molar-refractivity contribution in [3.05, 3.63) is 53.7 Å². The van der Waals surface area contributed by atoms with Crippen molar-refractivity contribution in [1.29, 1.82) is 0 Å². The quantitative estimate of drug-likeness (QED) is 0.632. The highest BCUT2D eigenvalue weighted by molar-refractivity contribution is 6.33. The zero-order valence-corrected chi connectivity index (χ0v) is 17.1. The van der Waals surface area contributed by atoms with Gasteiger partial charge >= 0.3 is 0 Å². The molecule has 0 spiro atoms. The first-order valence-corrected chi connectivity index (χ1v) is 10.8. The van der Waals surface area contributed by atoms with Gasteiger partial charge in [0.15, 0.2) is 0 Å². The minimum Gasteiger partial charge on any atom is -0.366 e. The van der Waals surface area contributed by atoms with E-state index < -0.39 is 0 Å². The van der Waals surface area contributed by atoms with Crippen LogP contribution in [0.5, 0.6) is 0 Å². The monoisotopic (exact) mass is 413 g/mol. The molecule has 29 heavy (non-hydrogen) atoms. The van der Waals surface area contributed by atoms with Gasteiger partial charge in [-0.05, 0) is 43.9 Å². The standard InChI is InChI=1S/C22H25ClFN5/c23-19-14-25-26-15-22(19)28-12-10-27(11-13-28)16-4-6-17(7-5-16)29-9-8-18-20(24)2-1-3-21(18)29/h1-3,8-9,14-17H,4-7,10-13H2. The Morgan fingerprint density at radius 1 is 0.897 bits per heavy atom. The molecule has 3 aromatic rings. The van der Waals surface area contributed by atoms with Crippen LogP contribution in [0.15, 0.2) is 42.9 Å². The van der Waals surface area contributed by atoms with Gasteiger partial charge in [0.05, 0.1) is 28.6 Å². The molecule has 3 heterocycles. The molecule has 0 unspecified atom stereocenters. The summed E-state index contributed by atoms with van der Waals surface area (Å²) in [5, 5.41) is 9.21. The lowest BCUT2D eigenvalue weighted by Crippen LogP contribution is -2.51. The van der Waals surface area contributed by atoms with Gasteiger partial charge in [-0.15, -0.1) is 0 Å². The molecule has 5 rings (SSSR count). The van der Waals surface area contributed by atoms with Crippen LogP contribution in [-0.2, 0) is 0 Å². The number of hydrogen-bond acceptors (Lipinski definition) is 4.